The minimum Gasteiger partial charge on any atom is -0.344 e. The number of anilines is 1. The molecule has 0 saturated carbocycles. The lowest BCUT2D eigenvalue weighted by molar-refractivity contribution is -0.149. The van der Waals surface area contributed by atoms with Crippen molar-refractivity contribution in [1.82, 2.24) is 0 Å². The smallest absolute Gasteiger partial charge is 0.227 e. The van der Waals surface area contributed by atoms with Crippen LogP contribution in [0.5, 0.6) is 0 Å². The van der Waals surface area contributed by atoms with Crippen molar-refractivity contribution in [2.75, 3.05) is 25.2 Å². The first-order valence-corrected chi connectivity index (χ1v) is 7.03. The highest BCUT2D eigenvalue weighted by atomic mass is 16.7. The quantitative estimate of drug-likeness (QED) is 0.790. The molecule has 0 atom stereocenters. The van der Waals surface area contributed by atoms with Crippen molar-refractivity contribution in [2.45, 2.75) is 38.4 Å². The van der Waals surface area contributed by atoms with E-state index < -0.39 is 5.79 Å². The van der Waals surface area contributed by atoms with Crippen LogP contribution in [0.3, 0.4) is 0 Å². The van der Waals surface area contributed by atoms with Crippen LogP contribution in [-0.4, -0.2) is 26.2 Å². The van der Waals surface area contributed by atoms with Gasteiger partial charge in [0.2, 0.25) is 5.91 Å². The first kappa shape index (κ1) is 13.6. The fraction of sp³-hybridized carbons (Fsp3) is 0.562. The van der Waals surface area contributed by atoms with Gasteiger partial charge in [0.15, 0.2) is 5.79 Å². The monoisotopic (exact) mass is 275 g/mol. The third-order valence-electron chi connectivity index (χ3n) is 4.42. The van der Waals surface area contributed by atoms with E-state index in [1.807, 2.05) is 26.1 Å². The Balaban J connectivity index is 2.10. The topological polar surface area (TPSA) is 38.8 Å². The van der Waals surface area contributed by atoms with Crippen molar-refractivity contribution in [1.29, 1.82) is 0 Å². The van der Waals surface area contributed by atoms with E-state index in [4.69, 9.17) is 9.47 Å². The molecule has 2 heterocycles. The van der Waals surface area contributed by atoms with Gasteiger partial charge in [-0.05, 0) is 24.6 Å². The van der Waals surface area contributed by atoms with Gasteiger partial charge < -0.3 is 14.4 Å². The summed E-state index contributed by atoms with van der Waals surface area (Å²) in [6.07, 6.45) is 0.526. The summed E-state index contributed by atoms with van der Waals surface area (Å²) in [7, 11) is 1.83. The Labute approximate surface area is 119 Å². The average molecular weight is 275 g/mol. The van der Waals surface area contributed by atoms with Crippen molar-refractivity contribution in [3.63, 3.8) is 0 Å². The third-order valence-corrected chi connectivity index (χ3v) is 4.42. The Morgan fingerprint density at radius 2 is 1.80 bits per heavy atom. The Morgan fingerprint density at radius 1 is 1.15 bits per heavy atom. The molecule has 20 heavy (non-hydrogen) atoms. The van der Waals surface area contributed by atoms with Gasteiger partial charge in [-0.3, -0.25) is 4.79 Å². The van der Waals surface area contributed by atoms with E-state index in [0.717, 1.165) is 11.3 Å². The van der Waals surface area contributed by atoms with E-state index in [-0.39, 0.29) is 11.3 Å². The molecule has 0 N–H and O–H groups in total. The summed E-state index contributed by atoms with van der Waals surface area (Å²) in [5.74, 6) is -0.500. The zero-order chi connectivity index (χ0) is 14.5. The molecule has 0 radical (unpaired) electrons. The molecule has 108 valence electrons. The summed E-state index contributed by atoms with van der Waals surface area (Å²) in [5.41, 5.74) is 3.02. The second kappa shape index (κ2) is 4.30. The van der Waals surface area contributed by atoms with Crippen LogP contribution in [0.15, 0.2) is 18.2 Å². The lowest BCUT2D eigenvalue weighted by atomic mass is 9.76. The standard InChI is InChI=1S/C16H21NO3/c1-15(2)10-14(18)17(4)13-6-5-11(9-12(13)15)16(3)19-7-8-20-16/h5-6,9H,7-8,10H2,1-4H3. The average Bonchev–Trinajstić information content (AvgIpc) is 2.83. The summed E-state index contributed by atoms with van der Waals surface area (Å²) in [5, 5.41) is 0. The second-order valence-corrected chi connectivity index (χ2v) is 6.39. The maximum Gasteiger partial charge on any atom is 0.227 e. The van der Waals surface area contributed by atoms with Crippen LogP contribution in [0.2, 0.25) is 0 Å². The first-order valence-electron chi connectivity index (χ1n) is 7.03. The molecule has 4 heteroatoms. The molecule has 1 saturated heterocycles. The van der Waals surface area contributed by atoms with Gasteiger partial charge >= 0.3 is 0 Å². The van der Waals surface area contributed by atoms with E-state index in [9.17, 15) is 4.79 Å². The summed E-state index contributed by atoms with van der Waals surface area (Å²) in [6.45, 7) is 7.41. The summed E-state index contributed by atoms with van der Waals surface area (Å²) < 4.78 is 11.5. The maximum absolute atomic E-state index is 12.1. The number of hydrogen-bond donors (Lipinski definition) is 0. The minimum absolute atomic E-state index is 0.162. The van der Waals surface area contributed by atoms with Gasteiger partial charge in [0, 0.05) is 30.1 Å². The number of carbonyl (C=O) groups is 1. The Hall–Kier alpha value is -1.39. The highest BCUT2D eigenvalue weighted by Crippen LogP contribution is 2.42. The van der Waals surface area contributed by atoms with Crippen LogP contribution in [0.1, 0.15) is 38.3 Å². The van der Waals surface area contributed by atoms with Gasteiger partial charge in [0.25, 0.3) is 0 Å². The predicted octanol–water partition coefficient (Wildman–Crippen LogP) is 2.55. The fourth-order valence-electron chi connectivity index (χ4n) is 3.06. The van der Waals surface area contributed by atoms with Crippen LogP contribution in [0.4, 0.5) is 5.69 Å². The molecule has 3 rings (SSSR count). The molecular formula is C16H21NO3. The molecule has 2 aliphatic rings. The van der Waals surface area contributed by atoms with Crippen LogP contribution < -0.4 is 4.90 Å². The number of carbonyl (C=O) groups excluding carboxylic acids is 1. The zero-order valence-corrected chi connectivity index (χ0v) is 12.5. The number of nitrogens with zero attached hydrogens (tertiary/aromatic N) is 1. The normalized spacial score (nSPS) is 23.8. The van der Waals surface area contributed by atoms with Crippen molar-refractivity contribution < 1.29 is 14.3 Å². The van der Waals surface area contributed by atoms with E-state index >= 15 is 0 Å². The second-order valence-electron chi connectivity index (χ2n) is 6.39. The summed E-state index contributed by atoms with van der Waals surface area (Å²) in [6, 6.07) is 6.12. The first-order chi connectivity index (χ1) is 9.33. The van der Waals surface area contributed by atoms with Crippen LogP contribution in [0, 0.1) is 0 Å². The number of amides is 1. The number of benzene rings is 1. The van der Waals surface area contributed by atoms with E-state index in [0.29, 0.717) is 19.6 Å². The van der Waals surface area contributed by atoms with Crippen LogP contribution in [0.25, 0.3) is 0 Å². The molecule has 0 aliphatic carbocycles. The Bertz CT molecular complexity index is 559. The lowest BCUT2D eigenvalue weighted by Crippen LogP contribution is -2.40. The van der Waals surface area contributed by atoms with E-state index in [1.54, 1.807) is 4.90 Å². The third kappa shape index (κ3) is 1.95. The number of fused-ring (bicyclic) bond motifs is 1. The Morgan fingerprint density at radius 3 is 2.45 bits per heavy atom. The number of ether oxygens (including phenoxy) is 2. The maximum atomic E-state index is 12.1. The van der Waals surface area contributed by atoms with Crippen LogP contribution in [-0.2, 0) is 25.5 Å². The molecule has 0 bridgehead atoms. The molecular weight excluding hydrogens is 254 g/mol. The predicted molar refractivity (Wildman–Crippen MR) is 76.8 cm³/mol. The lowest BCUT2D eigenvalue weighted by Gasteiger charge is -2.38. The van der Waals surface area contributed by atoms with Crippen LogP contribution >= 0.6 is 0 Å². The molecule has 1 amide bonds. The van der Waals surface area contributed by atoms with Crippen molar-refractivity contribution in [3.8, 4) is 0 Å². The zero-order valence-electron chi connectivity index (χ0n) is 12.5. The van der Waals surface area contributed by atoms with Gasteiger partial charge in [0.1, 0.15) is 0 Å². The van der Waals surface area contributed by atoms with E-state index in [1.165, 1.54) is 5.56 Å². The van der Waals surface area contributed by atoms with Gasteiger partial charge in [-0.15, -0.1) is 0 Å². The molecule has 1 aromatic carbocycles. The molecule has 0 spiro atoms. The van der Waals surface area contributed by atoms with Gasteiger partial charge in [-0.1, -0.05) is 19.9 Å². The molecule has 1 aromatic rings. The number of hydrogen-bond acceptors (Lipinski definition) is 3. The molecule has 0 aromatic heterocycles. The van der Waals surface area contributed by atoms with Gasteiger partial charge in [-0.25, -0.2) is 0 Å². The van der Waals surface area contributed by atoms with Gasteiger partial charge in [-0.2, -0.15) is 0 Å². The highest BCUT2D eigenvalue weighted by molar-refractivity contribution is 5.97. The molecule has 4 nitrogen and oxygen atoms in total. The van der Waals surface area contributed by atoms with Crippen molar-refractivity contribution in [2.24, 2.45) is 0 Å². The number of rotatable bonds is 1. The largest absolute Gasteiger partial charge is 0.344 e. The summed E-state index contributed by atoms with van der Waals surface area (Å²) >= 11 is 0. The van der Waals surface area contributed by atoms with E-state index in [2.05, 4.69) is 19.9 Å². The van der Waals surface area contributed by atoms with Gasteiger partial charge in [0.05, 0.1) is 13.2 Å². The summed E-state index contributed by atoms with van der Waals surface area (Å²) in [4.78, 5) is 13.8. The molecule has 2 aliphatic heterocycles. The SMILES string of the molecule is CN1C(=O)CC(C)(C)c2cc(C3(C)OCCO3)ccc21. The molecule has 0 unspecified atom stereocenters. The minimum atomic E-state index is -0.662. The Kier molecular flexibility index (Phi) is 2.92. The fourth-order valence-corrected chi connectivity index (χ4v) is 3.06. The van der Waals surface area contributed by atoms with Crippen molar-refractivity contribution in [3.05, 3.63) is 29.3 Å². The van der Waals surface area contributed by atoms with Crippen molar-refractivity contribution >= 4 is 11.6 Å². The molecule has 1 fully saturated rings. The highest BCUT2D eigenvalue weighted by Gasteiger charge is 2.38.